The SMILES string of the molecule is Cc1ccc2c(c1)N(S(=O)(=O)c1ccccc1)C[C@@H](C(=O)Nc1ccc3c(c1)sc(=O)n3C(C)C)O2. The van der Waals surface area contributed by atoms with Gasteiger partial charge in [0, 0.05) is 11.7 Å². The molecule has 2 heterocycles. The summed E-state index contributed by atoms with van der Waals surface area (Å²) in [6.07, 6.45) is -1.08. The van der Waals surface area contributed by atoms with Crippen LogP contribution in [-0.4, -0.2) is 31.5 Å². The Bertz CT molecular complexity index is 1620. The Hall–Kier alpha value is -3.63. The number of hydrogen-bond donors (Lipinski definition) is 1. The molecule has 4 aromatic rings. The molecule has 1 aromatic heterocycles. The first-order valence-electron chi connectivity index (χ1n) is 11.5. The van der Waals surface area contributed by atoms with Gasteiger partial charge >= 0.3 is 4.87 Å². The number of sulfonamides is 1. The summed E-state index contributed by atoms with van der Waals surface area (Å²) >= 11 is 1.11. The minimum atomic E-state index is -3.93. The van der Waals surface area contributed by atoms with Gasteiger partial charge in [-0.25, -0.2) is 8.42 Å². The number of anilines is 2. The van der Waals surface area contributed by atoms with Gasteiger partial charge in [-0.15, -0.1) is 0 Å². The van der Waals surface area contributed by atoms with E-state index in [1.54, 1.807) is 53.1 Å². The lowest BCUT2D eigenvalue weighted by Crippen LogP contribution is -2.48. The molecule has 8 nitrogen and oxygen atoms in total. The fraction of sp³-hybridized carbons (Fsp3) is 0.231. The summed E-state index contributed by atoms with van der Waals surface area (Å²) in [5, 5.41) is 2.83. The standard InChI is InChI=1S/C26H25N3O5S2/c1-16(2)29-20-11-10-18(14-24(20)35-26(29)31)27-25(30)23-15-28(21-13-17(3)9-12-22(21)34-23)36(32,33)19-7-5-4-6-8-19/h4-14,16,23H,15H2,1-3H3,(H,27,30)/t23-/m0/s1. The van der Waals surface area contributed by atoms with Crippen molar-refractivity contribution in [1.29, 1.82) is 0 Å². The van der Waals surface area contributed by atoms with Gasteiger partial charge in [-0.3, -0.25) is 18.5 Å². The Labute approximate surface area is 212 Å². The van der Waals surface area contributed by atoms with Crippen molar-refractivity contribution in [3.05, 3.63) is 82.0 Å². The fourth-order valence-corrected chi connectivity index (χ4v) is 6.81. The molecule has 1 aliphatic rings. The molecule has 0 radical (unpaired) electrons. The molecule has 1 atom stereocenters. The van der Waals surface area contributed by atoms with Gasteiger partial charge in [-0.05, 0) is 68.8 Å². The summed E-state index contributed by atoms with van der Waals surface area (Å²) in [5.41, 5.74) is 2.56. The van der Waals surface area contributed by atoms with Gasteiger partial charge in [0.2, 0.25) is 0 Å². The molecule has 0 aliphatic carbocycles. The first-order chi connectivity index (χ1) is 17.1. The number of benzene rings is 3. The number of carbonyl (C=O) groups excluding carboxylic acids is 1. The molecule has 1 amide bonds. The number of amides is 1. The van der Waals surface area contributed by atoms with Crippen molar-refractivity contribution in [2.24, 2.45) is 0 Å². The van der Waals surface area contributed by atoms with Crippen LogP contribution in [0.15, 0.2) is 76.4 Å². The molecule has 10 heteroatoms. The van der Waals surface area contributed by atoms with Gasteiger partial charge in [0.05, 0.1) is 27.3 Å². The Morgan fingerprint density at radius 1 is 1.08 bits per heavy atom. The van der Waals surface area contributed by atoms with E-state index in [-0.39, 0.29) is 22.4 Å². The lowest BCUT2D eigenvalue weighted by molar-refractivity contribution is -0.122. The van der Waals surface area contributed by atoms with Crippen LogP contribution in [0.5, 0.6) is 5.75 Å². The maximum atomic E-state index is 13.5. The van der Waals surface area contributed by atoms with Crippen LogP contribution in [-0.2, 0) is 14.8 Å². The average Bonchev–Trinajstić information content (AvgIpc) is 3.18. The fourth-order valence-electron chi connectivity index (χ4n) is 4.27. The molecule has 1 aliphatic heterocycles. The summed E-state index contributed by atoms with van der Waals surface area (Å²) in [6.45, 7) is 5.57. The van der Waals surface area contributed by atoms with E-state index in [1.165, 1.54) is 16.4 Å². The predicted molar refractivity (Wildman–Crippen MR) is 142 cm³/mol. The topological polar surface area (TPSA) is 97.7 Å². The molecule has 0 spiro atoms. The second kappa shape index (κ2) is 9.11. The number of thiazole rings is 1. The van der Waals surface area contributed by atoms with Crippen molar-refractivity contribution in [1.82, 2.24) is 4.57 Å². The molecule has 0 bridgehead atoms. The van der Waals surface area contributed by atoms with E-state index in [1.807, 2.05) is 26.8 Å². The van der Waals surface area contributed by atoms with Gasteiger partial charge in [-0.2, -0.15) is 0 Å². The zero-order chi connectivity index (χ0) is 25.6. The van der Waals surface area contributed by atoms with Crippen LogP contribution in [0.3, 0.4) is 0 Å². The Balaban J connectivity index is 1.46. The number of nitrogens with one attached hydrogen (secondary N) is 1. The highest BCUT2D eigenvalue weighted by Gasteiger charge is 2.37. The molecule has 5 rings (SSSR count). The number of hydrogen-bond acceptors (Lipinski definition) is 6. The second-order valence-electron chi connectivity index (χ2n) is 8.93. The van der Waals surface area contributed by atoms with Gasteiger partial charge < -0.3 is 10.1 Å². The smallest absolute Gasteiger partial charge is 0.308 e. The maximum absolute atomic E-state index is 13.5. The molecule has 0 saturated heterocycles. The maximum Gasteiger partial charge on any atom is 0.308 e. The minimum Gasteiger partial charge on any atom is -0.476 e. The van der Waals surface area contributed by atoms with Gasteiger partial charge in [0.25, 0.3) is 15.9 Å². The number of aryl methyl sites for hydroxylation is 1. The van der Waals surface area contributed by atoms with Crippen LogP contribution >= 0.6 is 11.3 Å². The van der Waals surface area contributed by atoms with Crippen LogP contribution in [0.2, 0.25) is 0 Å². The van der Waals surface area contributed by atoms with E-state index < -0.39 is 22.0 Å². The van der Waals surface area contributed by atoms with Crippen LogP contribution in [0, 0.1) is 6.92 Å². The summed E-state index contributed by atoms with van der Waals surface area (Å²) in [5.74, 6) is -0.168. The van der Waals surface area contributed by atoms with Crippen molar-refractivity contribution in [3.8, 4) is 5.75 Å². The molecule has 186 valence electrons. The van der Waals surface area contributed by atoms with Crippen LogP contribution < -0.4 is 19.2 Å². The zero-order valence-corrected chi connectivity index (χ0v) is 21.6. The second-order valence-corrected chi connectivity index (χ2v) is 11.8. The van der Waals surface area contributed by atoms with Gasteiger partial charge in [0.1, 0.15) is 5.75 Å². The summed E-state index contributed by atoms with van der Waals surface area (Å²) in [4.78, 5) is 25.7. The number of aromatic nitrogens is 1. The predicted octanol–water partition coefficient (Wildman–Crippen LogP) is 4.55. The van der Waals surface area contributed by atoms with Crippen molar-refractivity contribution < 1.29 is 17.9 Å². The van der Waals surface area contributed by atoms with E-state index in [0.29, 0.717) is 17.1 Å². The number of fused-ring (bicyclic) bond motifs is 2. The molecule has 3 aromatic carbocycles. The van der Waals surface area contributed by atoms with Gasteiger partial charge in [-0.1, -0.05) is 35.6 Å². The molecule has 0 unspecified atom stereocenters. The van der Waals surface area contributed by atoms with Crippen LogP contribution in [0.4, 0.5) is 11.4 Å². The zero-order valence-electron chi connectivity index (χ0n) is 20.0. The number of nitrogens with zero attached hydrogens (tertiary/aromatic N) is 2. The summed E-state index contributed by atoms with van der Waals surface area (Å²) < 4.78 is 36.7. The molecular formula is C26H25N3O5S2. The molecule has 1 N–H and O–H groups in total. The number of carbonyl (C=O) groups is 1. The Kier molecular flexibility index (Phi) is 6.09. The highest BCUT2D eigenvalue weighted by molar-refractivity contribution is 7.92. The number of rotatable bonds is 5. The van der Waals surface area contributed by atoms with Crippen molar-refractivity contribution >= 4 is 48.9 Å². The average molecular weight is 524 g/mol. The summed E-state index contributed by atoms with van der Waals surface area (Å²) in [7, 11) is -3.93. The highest BCUT2D eigenvalue weighted by atomic mass is 32.2. The quantitative estimate of drug-likeness (QED) is 0.414. The lowest BCUT2D eigenvalue weighted by atomic mass is 10.1. The first-order valence-corrected chi connectivity index (χ1v) is 13.7. The summed E-state index contributed by atoms with van der Waals surface area (Å²) in [6, 6.07) is 18.6. The van der Waals surface area contributed by atoms with Crippen molar-refractivity contribution in [2.45, 2.75) is 37.8 Å². The van der Waals surface area contributed by atoms with E-state index in [4.69, 9.17) is 4.74 Å². The largest absolute Gasteiger partial charge is 0.476 e. The van der Waals surface area contributed by atoms with Crippen LogP contribution in [0.25, 0.3) is 10.2 Å². The highest BCUT2D eigenvalue weighted by Crippen LogP contribution is 2.38. The monoisotopic (exact) mass is 523 g/mol. The lowest BCUT2D eigenvalue weighted by Gasteiger charge is -2.35. The molecular weight excluding hydrogens is 498 g/mol. The van der Waals surface area contributed by atoms with E-state index in [9.17, 15) is 18.0 Å². The first kappa shape index (κ1) is 24.1. The minimum absolute atomic E-state index is 0.0172. The third-order valence-electron chi connectivity index (χ3n) is 6.00. The Morgan fingerprint density at radius 2 is 1.83 bits per heavy atom. The third kappa shape index (κ3) is 4.27. The van der Waals surface area contributed by atoms with E-state index >= 15 is 0 Å². The van der Waals surface area contributed by atoms with Crippen LogP contribution in [0.1, 0.15) is 25.5 Å². The van der Waals surface area contributed by atoms with E-state index in [0.717, 1.165) is 27.1 Å². The molecule has 0 saturated carbocycles. The number of ether oxygens (including phenoxy) is 1. The molecule has 36 heavy (non-hydrogen) atoms. The van der Waals surface area contributed by atoms with Crippen molar-refractivity contribution in [2.75, 3.05) is 16.2 Å². The third-order valence-corrected chi connectivity index (χ3v) is 8.72. The van der Waals surface area contributed by atoms with Gasteiger partial charge in [0.15, 0.2) is 6.10 Å². The normalized spacial score (nSPS) is 15.6. The van der Waals surface area contributed by atoms with E-state index in [2.05, 4.69) is 5.32 Å². The Morgan fingerprint density at radius 3 is 2.56 bits per heavy atom. The molecule has 0 fully saturated rings. The van der Waals surface area contributed by atoms with Crippen molar-refractivity contribution in [3.63, 3.8) is 0 Å².